The van der Waals surface area contributed by atoms with E-state index in [2.05, 4.69) is 4.72 Å². The molecule has 1 unspecified atom stereocenters. The molecule has 1 atom stereocenters. The Bertz CT molecular complexity index is 547. The minimum absolute atomic E-state index is 0.0147. The highest BCUT2D eigenvalue weighted by atomic mass is 32.2. The zero-order chi connectivity index (χ0) is 14.9. The highest BCUT2D eigenvalue weighted by Crippen LogP contribution is 2.23. The maximum absolute atomic E-state index is 12.1. The van der Waals surface area contributed by atoms with Gasteiger partial charge in [-0.05, 0) is 19.3 Å². The van der Waals surface area contributed by atoms with Gasteiger partial charge in [-0.15, -0.1) is 0 Å². The minimum Gasteiger partial charge on any atom is -0.480 e. The third-order valence-electron chi connectivity index (χ3n) is 3.58. The molecule has 19 heavy (non-hydrogen) atoms. The molecule has 1 rings (SSSR count). The summed E-state index contributed by atoms with van der Waals surface area (Å²) in [6.45, 7) is 3.15. The summed E-state index contributed by atoms with van der Waals surface area (Å²) in [6, 6.07) is 0. The molecule has 0 amide bonds. The topological polar surface area (TPSA) is 118 Å². The van der Waals surface area contributed by atoms with Crippen molar-refractivity contribution in [2.24, 2.45) is 0 Å². The molecule has 0 spiro atoms. The van der Waals surface area contributed by atoms with Crippen LogP contribution in [0.25, 0.3) is 0 Å². The van der Waals surface area contributed by atoms with Gasteiger partial charge in [0.2, 0.25) is 10.0 Å². The molecule has 0 saturated carbocycles. The largest absolute Gasteiger partial charge is 0.480 e. The maximum atomic E-state index is 12.1. The van der Waals surface area contributed by atoms with Crippen molar-refractivity contribution in [2.45, 2.75) is 43.9 Å². The Hall–Kier alpha value is -0.670. The molecule has 0 aromatic rings. The molecule has 2 N–H and O–H groups in total. The molecule has 0 aromatic heterocycles. The number of hydrogen-bond donors (Lipinski definition) is 2. The molecule has 1 aliphatic heterocycles. The molecule has 0 aromatic carbocycles. The highest BCUT2D eigenvalue weighted by molar-refractivity contribution is 7.95. The van der Waals surface area contributed by atoms with Gasteiger partial charge in [0, 0.05) is 0 Å². The quantitative estimate of drug-likeness (QED) is 0.697. The summed E-state index contributed by atoms with van der Waals surface area (Å²) in [5.41, 5.74) is -1.56. The van der Waals surface area contributed by atoms with E-state index in [-0.39, 0.29) is 25.0 Å². The van der Waals surface area contributed by atoms with Crippen LogP contribution < -0.4 is 4.72 Å². The van der Waals surface area contributed by atoms with Crippen molar-refractivity contribution >= 4 is 25.8 Å². The van der Waals surface area contributed by atoms with E-state index in [1.54, 1.807) is 13.8 Å². The lowest BCUT2D eigenvalue weighted by Gasteiger charge is -2.29. The Morgan fingerprint density at radius 2 is 1.89 bits per heavy atom. The average molecular weight is 313 g/mol. The van der Waals surface area contributed by atoms with Gasteiger partial charge in [-0.3, -0.25) is 4.79 Å². The van der Waals surface area contributed by atoms with Gasteiger partial charge in [0.15, 0.2) is 9.84 Å². The van der Waals surface area contributed by atoms with Crippen LogP contribution in [0, 0.1) is 0 Å². The summed E-state index contributed by atoms with van der Waals surface area (Å²) >= 11 is 0. The van der Waals surface area contributed by atoms with Crippen LogP contribution in [0.15, 0.2) is 0 Å². The number of sulfone groups is 1. The van der Waals surface area contributed by atoms with E-state index in [0.717, 1.165) is 0 Å². The molecule has 1 saturated heterocycles. The lowest BCUT2D eigenvalue weighted by Crippen LogP contribution is -2.56. The first-order valence-corrected chi connectivity index (χ1v) is 9.42. The van der Waals surface area contributed by atoms with E-state index < -0.39 is 42.4 Å². The van der Waals surface area contributed by atoms with Crippen LogP contribution in [0.2, 0.25) is 0 Å². The zero-order valence-electron chi connectivity index (χ0n) is 10.9. The molecule has 112 valence electrons. The smallest absolute Gasteiger partial charge is 0.324 e. The van der Waals surface area contributed by atoms with Crippen LogP contribution in [0.3, 0.4) is 0 Å². The summed E-state index contributed by atoms with van der Waals surface area (Å²) in [7, 11) is -7.30. The molecule has 9 heteroatoms. The van der Waals surface area contributed by atoms with Gasteiger partial charge in [0.1, 0.15) is 5.54 Å². The first kappa shape index (κ1) is 16.4. The van der Waals surface area contributed by atoms with Crippen molar-refractivity contribution < 1.29 is 26.7 Å². The Morgan fingerprint density at radius 1 is 1.37 bits per heavy atom. The summed E-state index contributed by atoms with van der Waals surface area (Å²) in [5.74, 6) is -1.86. The second-order valence-corrected chi connectivity index (χ2v) is 8.96. The standard InChI is InChI=1S/C10H19NO6S2/c1-3-10(4-2,9(12)13)11-19(16,17)8-5-6-18(14,15)7-8/h8,11H,3-7H2,1-2H3,(H,12,13). The average Bonchev–Trinajstić information content (AvgIpc) is 2.67. The Balaban J connectivity index is 3.00. The van der Waals surface area contributed by atoms with E-state index >= 15 is 0 Å². The second kappa shape index (κ2) is 5.37. The third kappa shape index (κ3) is 3.46. The third-order valence-corrected chi connectivity index (χ3v) is 7.52. The van der Waals surface area contributed by atoms with Crippen LogP contribution >= 0.6 is 0 Å². The van der Waals surface area contributed by atoms with Crippen molar-refractivity contribution in [3.63, 3.8) is 0 Å². The van der Waals surface area contributed by atoms with Crippen LogP contribution in [0.5, 0.6) is 0 Å². The van der Waals surface area contributed by atoms with E-state index in [1.165, 1.54) is 0 Å². The van der Waals surface area contributed by atoms with E-state index in [0.29, 0.717) is 0 Å². The minimum atomic E-state index is -3.97. The maximum Gasteiger partial charge on any atom is 0.324 e. The van der Waals surface area contributed by atoms with Gasteiger partial charge in [-0.25, -0.2) is 16.8 Å². The lowest BCUT2D eigenvalue weighted by atomic mass is 9.95. The summed E-state index contributed by atoms with van der Waals surface area (Å²) in [6.07, 6.45) is 0.204. The molecule has 0 bridgehead atoms. The fourth-order valence-electron chi connectivity index (χ4n) is 2.10. The zero-order valence-corrected chi connectivity index (χ0v) is 12.6. The predicted molar refractivity (Wildman–Crippen MR) is 70.1 cm³/mol. The van der Waals surface area contributed by atoms with Gasteiger partial charge < -0.3 is 5.11 Å². The number of carboxylic acids is 1. The Morgan fingerprint density at radius 3 is 2.21 bits per heavy atom. The number of rotatable bonds is 6. The highest BCUT2D eigenvalue weighted by Gasteiger charge is 2.44. The number of carboxylic acid groups (broad SMARTS) is 1. The van der Waals surface area contributed by atoms with Gasteiger partial charge in [0.25, 0.3) is 0 Å². The number of aliphatic carboxylic acids is 1. The van der Waals surface area contributed by atoms with Crippen molar-refractivity contribution in [3.8, 4) is 0 Å². The predicted octanol–water partition coefficient (Wildman–Crippen LogP) is -0.264. The number of carbonyl (C=O) groups is 1. The fraction of sp³-hybridized carbons (Fsp3) is 0.900. The second-order valence-electron chi connectivity index (χ2n) is 4.77. The van der Waals surface area contributed by atoms with Crippen LogP contribution in [-0.4, -0.2) is 50.2 Å². The monoisotopic (exact) mass is 313 g/mol. The van der Waals surface area contributed by atoms with Crippen molar-refractivity contribution in [3.05, 3.63) is 0 Å². The Labute approximate surface area is 113 Å². The fourth-order valence-corrected chi connectivity index (χ4v) is 6.65. The lowest BCUT2D eigenvalue weighted by molar-refractivity contribution is -0.144. The molecule has 1 heterocycles. The summed E-state index contributed by atoms with van der Waals surface area (Å²) in [5, 5.41) is 8.13. The van der Waals surface area contributed by atoms with Crippen LogP contribution in [0.4, 0.5) is 0 Å². The molecule has 7 nitrogen and oxygen atoms in total. The van der Waals surface area contributed by atoms with E-state index in [9.17, 15) is 26.7 Å². The van der Waals surface area contributed by atoms with Crippen LogP contribution in [0.1, 0.15) is 33.1 Å². The van der Waals surface area contributed by atoms with Crippen LogP contribution in [-0.2, 0) is 24.7 Å². The molecular weight excluding hydrogens is 294 g/mol. The first-order chi connectivity index (χ1) is 8.58. The SMILES string of the molecule is CCC(CC)(NS(=O)(=O)C1CCS(=O)(=O)C1)C(=O)O. The summed E-state index contributed by atoms with van der Waals surface area (Å²) in [4.78, 5) is 11.3. The Kier molecular flexibility index (Phi) is 4.63. The normalized spacial score (nSPS) is 23.4. The summed E-state index contributed by atoms with van der Waals surface area (Å²) < 4.78 is 49.1. The number of hydrogen-bond acceptors (Lipinski definition) is 5. The molecule has 1 aliphatic rings. The number of nitrogens with one attached hydrogen (secondary N) is 1. The van der Waals surface area contributed by atoms with Gasteiger partial charge >= 0.3 is 5.97 Å². The van der Waals surface area contributed by atoms with Crippen molar-refractivity contribution in [1.29, 1.82) is 0 Å². The molecular formula is C10H19NO6S2. The van der Waals surface area contributed by atoms with E-state index in [1.807, 2.05) is 0 Å². The number of sulfonamides is 1. The molecule has 0 radical (unpaired) electrons. The van der Waals surface area contributed by atoms with Gasteiger partial charge in [-0.1, -0.05) is 13.8 Å². The van der Waals surface area contributed by atoms with Crippen molar-refractivity contribution in [1.82, 2.24) is 4.72 Å². The van der Waals surface area contributed by atoms with Gasteiger partial charge in [-0.2, -0.15) is 4.72 Å². The van der Waals surface area contributed by atoms with E-state index in [4.69, 9.17) is 0 Å². The molecule has 0 aliphatic carbocycles. The van der Waals surface area contributed by atoms with Crippen molar-refractivity contribution in [2.75, 3.05) is 11.5 Å². The van der Waals surface area contributed by atoms with Gasteiger partial charge in [0.05, 0.1) is 16.8 Å². The first-order valence-electron chi connectivity index (χ1n) is 6.05. The molecule has 1 fully saturated rings.